The first-order valence-corrected chi connectivity index (χ1v) is 7.00. The van der Waals surface area contributed by atoms with E-state index >= 15 is 0 Å². The van der Waals surface area contributed by atoms with Crippen molar-refractivity contribution in [1.29, 1.82) is 0 Å². The highest BCUT2D eigenvalue weighted by Gasteiger charge is 2.20. The van der Waals surface area contributed by atoms with Crippen molar-refractivity contribution in [2.24, 2.45) is 0 Å². The number of nitrogens with one attached hydrogen (secondary N) is 1. The van der Waals surface area contributed by atoms with Gasteiger partial charge in [0.05, 0.1) is 4.92 Å². The molecule has 2 rings (SSSR count). The van der Waals surface area contributed by atoms with Gasteiger partial charge >= 0.3 is 5.69 Å². The topological polar surface area (TPSA) is 97.6 Å². The van der Waals surface area contributed by atoms with Gasteiger partial charge in [-0.1, -0.05) is 0 Å². The minimum absolute atomic E-state index is 0.0828. The van der Waals surface area contributed by atoms with Gasteiger partial charge in [-0.2, -0.15) is 0 Å². The number of nitrogens with zero attached hydrogens (tertiary/aromatic N) is 3. The largest absolute Gasteiger partial charge is 0.462 e. The zero-order chi connectivity index (χ0) is 16.6. The second-order valence-corrected chi connectivity index (χ2v) is 5.68. The Bertz CT molecular complexity index is 496. The Hall–Kier alpha value is -2.22. The third-order valence-corrected chi connectivity index (χ3v) is 2.83. The maximum absolute atomic E-state index is 10.8. The van der Waals surface area contributed by atoms with Crippen molar-refractivity contribution >= 4 is 17.8 Å². The highest BCUT2D eigenvalue weighted by Crippen LogP contribution is 2.26. The average Bonchev–Trinajstić information content (AvgIpc) is 2.47. The molecule has 0 atom stereocenters. The van der Waals surface area contributed by atoms with Crippen molar-refractivity contribution in [3.05, 3.63) is 28.6 Å². The van der Waals surface area contributed by atoms with E-state index < -0.39 is 0 Å². The predicted molar refractivity (Wildman–Crippen MR) is 82.9 cm³/mol. The Morgan fingerprint density at radius 1 is 1.41 bits per heavy atom. The van der Waals surface area contributed by atoms with Crippen LogP contribution < -0.4 is 10.2 Å². The Morgan fingerprint density at radius 2 is 2.05 bits per heavy atom. The molecule has 1 aromatic heterocycles. The Labute approximate surface area is 129 Å². The predicted octanol–water partition coefficient (Wildman–Crippen LogP) is 1.36. The van der Waals surface area contributed by atoms with Crippen LogP contribution in [0.1, 0.15) is 20.8 Å². The normalized spacial score (nSPS) is 14.6. The van der Waals surface area contributed by atoms with E-state index in [1.165, 1.54) is 6.20 Å². The van der Waals surface area contributed by atoms with Gasteiger partial charge < -0.3 is 15.0 Å². The van der Waals surface area contributed by atoms with Crippen molar-refractivity contribution in [3.8, 4) is 0 Å². The van der Waals surface area contributed by atoms with Crippen LogP contribution in [0, 0.1) is 10.1 Å². The lowest BCUT2D eigenvalue weighted by Crippen LogP contribution is -2.43. The van der Waals surface area contributed by atoms with E-state index in [0.29, 0.717) is 12.2 Å². The zero-order valence-corrected chi connectivity index (χ0v) is 13.1. The molecule has 1 aliphatic heterocycles. The van der Waals surface area contributed by atoms with Crippen LogP contribution in [0.5, 0.6) is 0 Å². The number of nitro groups is 1. The number of ether oxygens (including phenoxy) is 1. The highest BCUT2D eigenvalue weighted by atomic mass is 16.6. The number of anilines is 1. The fraction of sp³-hybridized carbons (Fsp3) is 0.571. The van der Waals surface area contributed by atoms with E-state index in [2.05, 4.69) is 15.0 Å². The molecule has 22 heavy (non-hydrogen) atoms. The fourth-order valence-corrected chi connectivity index (χ4v) is 1.84. The second-order valence-electron chi connectivity index (χ2n) is 5.68. The number of hydrogen-bond donors (Lipinski definition) is 1. The summed E-state index contributed by atoms with van der Waals surface area (Å²) in [7, 11) is 0. The molecular formula is C14H22N4O4. The molecule has 0 saturated carbocycles. The molecule has 122 valence electrons. The lowest BCUT2D eigenvalue weighted by Gasteiger charge is -2.28. The van der Waals surface area contributed by atoms with Crippen molar-refractivity contribution in [2.45, 2.75) is 26.4 Å². The summed E-state index contributed by atoms with van der Waals surface area (Å²) in [6.07, 6.45) is 2.89. The highest BCUT2D eigenvalue weighted by molar-refractivity contribution is 5.61. The summed E-state index contributed by atoms with van der Waals surface area (Å²) in [5.41, 5.74) is 0.428. The smallest absolute Gasteiger partial charge is 0.310 e. The molecule has 0 spiro atoms. The lowest BCUT2D eigenvalue weighted by atomic mass is 10.2. The number of pyridine rings is 1. The molecule has 0 aromatic carbocycles. The van der Waals surface area contributed by atoms with Crippen molar-refractivity contribution in [1.82, 2.24) is 10.3 Å². The van der Waals surface area contributed by atoms with Crippen molar-refractivity contribution in [3.63, 3.8) is 0 Å². The van der Waals surface area contributed by atoms with E-state index in [0.717, 1.165) is 26.2 Å². The first-order valence-electron chi connectivity index (χ1n) is 7.00. The minimum Gasteiger partial charge on any atom is -0.462 e. The number of carbonyl (C=O) groups is 1. The summed E-state index contributed by atoms with van der Waals surface area (Å²) in [6, 6.07) is 1.70. The van der Waals surface area contributed by atoms with Crippen molar-refractivity contribution in [2.75, 3.05) is 31.1 Å². The molecule has 0 unspecified atom stereocenters. The first-order chi connectivity index (χ1) is 10.3. The maximum Gasteiger partial charge on any atom is 0.310 e. The van der Waals surface area contributed by atoms with Gasteiger partial charge in [-0.15, -0.1) is 0 Å². The molecule has 0 bridgehead atoms. The lowest BCUT2D eigenvalue weighted by molar-refractivity contribution is -0.384. The number of piperazine rings is 1. The molecule has 2 heterocycles. The minimum atomic E-state index is -0.385. The van der Waals surface area contributed by atoms with Gasteiger partial charge in [0.25, 0.3) is 6.47 Å². The standard InChI is InChI=1S/C9H12N4O2.C5H10O2/c14-13(15)9-7-11-2-1-8(9)12-5-3-10-4-6-12;1-5(2,3)7-4-6/h1-2,7,10H,3-6H2;4H,1-3H3. The molecule has 0 amide bonds. The van der Waals surface area contributed by atoms with Crippen LogP contribution in [-0.2, 0) is 9.53 Å². The Kier molecular flexibility index (Phi) is 6.71. The van der Waals surface area contributed by atoms with Crippen LogP contribution >= 0.6 is 0 Å². The molecule has 1 N–H and O–H groups in total. The Morgan fingerprint density at radius 3 is 2.50 bits per heavy atom. The van der Waals surface area contributed by atoms with Gasteiger partial charge in [-0.05, 0) is 26.8 Å². The number of aromatic nitrogens is 1. The third kappa shape index (κ3) is 6.04. The van der Waals surface area contributed by atoms with E-state index in [9.17, 15) is 14.9 Å². The number of hydrogen-bond acceptors (Lipinski definition) is 7. The van der Waals surface area contributed by atoms with Crippen LogP contribution in [0.4, 0.5) is 11.4 Å². The van der Waals surface area contributed by atoms with Crippen LogP contribution in [0.3, 0.4) is 0 Å². The quantitative estimate of drug-likeness (QED) is 0.511. The van der Waals surface area contributed by atoms with E-state index in [1.54, 1.807) is 12.3 Å². The van der Waals surface area contributed by atoms with Gasteiger partial charge in [0.15, 0.2) is 0 Å². The SMILES string of the molecule is CC(C)(C)OC=O.O=[N+]([O-])c1cnccc1N1CCNCC1. The number of rotatable bonds is 3. The fourth-order valence-electron chi connectivity index (χ4n) is 1.84. The third-order valence-electron chi connectivity index (χ3n) is 2.83. The van der Waals surface area contributed by atoms with Gasteiger partial charge in [0, 0.05) is 32.4 Å². The average molecular weight is 310 g/mol. The summed E-state index contributed by atoms with van der Waals surface area (Å²) < 4.78 is 4.55. The summed E-state index contributed by atoms with van der Waals surface area (Å²) in [4.78, 5) is 25.8. The molecule has 0 aliphatic carbocycles. The van der Waals surface area contributed by atoms with Gasteiger partial charge in [-0.25, -0.2) is 0 Å². The molecular weight excluding hydrogens is 288 g/mol. The van der Waals surface area contributed by atoms with Gasteiger partial charge in [0.2, 0.25) is 0 Å². The summed E-state index contributed by atoms with van der Waals surface area (Å²) in [5, 5.41) is 14.0. The number of carbonyl (C=O) groups excluding carboxylic acids is 1. The van der Waals surface area contributed by atoms with Crippen LogP contribution in [0.25, 0.3) is 0 Å². The summed E-state index contributed by atoms with van der Waals surface area (Å²) in [5.74, 6) is 0. The molecule has 1 fully saturated rings. The molecule has 0 radical (unpaired) electrons. The monoisotopic (exact) mass is 310 g/mol. The van der Waals surface area contributed by atoms with Gasteiger partial charge in [0.1, 0.15) is 17.5 Å². The Balaban J connectivity index is 0.000000295. The molecule has 1 aromatic rings. The van der Waals surface area contributed by atoms with E-state index in [4.69, 9.17) is 0 Å². The summed E-state index contributed by atoms with van der Waals surface area (Å²) >= 11 is 0. The zero-order valence-electron chi connectivity index (χ0n) is 13.1. The van der Waals surface area contributed by atoms with Crippen molar-refractivity contribution < 1.29 is 14.5 Å². The summed E-state index contributed by atoms with van der Waals surface area (Å²) in [6.45, 7) is 9.23. The first kappa shape index (κ1) is 17.8. The molecule has 1 aliphatic rings. The second kappa shape index (κ2) is 8.28. The molecule has 8 nitrogen and oxygen atoms in total. The van der Waals surface area contributed by atoms with Crippen LogP contribution in [0.2, 0.25) is 0 Å². The molecule has 8 heteroatoms. The van der Waals surface area contributed by atoms with Gasteiger partial charge in [-0.3, -0.25) is 19.9 Å². The molecule has 1 saturated heterocycles. The maximum atomic E-state index is 10.8. The van der Waals surface area contributed by atoms with E-state index in [1.807, 2.05) is 25.7 Å². The van der Waals surface area contributed by atoms with Crippen LogP contribution in [-0.4, -0.2) is 48.2 Å². The van der Waals surface area contributed by atoms with Crippen LogP contribution in [0.15, 0.2) is 18.5 Å². The van der Waals surface area contributed by atoms with E-state index in [-0.39, 0.29) is 16.2 Å².